The van der Waals surface area contributed by atoms with Crippen LogP contribution in [0.3, 0.4) is 0 Å². The van der Waals surface area contributed by atoms with Crippen LogP contribution in [0.5, 0.6) is 0 Å². The normalized spacial score (nSPS) is 25.7. The van der Waals surface area contributed by atoms with E-state index in [1.54, 1.807) is 7.05 Å². The van der Waals surface area contributed by atoms with Crippen LogP contribution >= 0.6 is 11.6 Å². The molecule has 0 N–H and O–H groups in total. The summed E-state index contributed by atoms with van der Waals surface area (Å²) < 4.78 is 36.0. The smallest absolute Gasteiger partial charge is 0.341 e. The highest BCUT2D eigenvalue weighted by Crippen LogP contribution is 2.28. The van der Waals surface area contributed by atoms with Gasteiger partial charge in [0.05, 0.1) is 11.8 Å². The van der Waals surface area contributed by atoms with Gasteiger partial charge in [-0.05, 0) is 12.8 Å². The lowest BCUT2D eigenvalue weighted by atomic mass is 9.93. The molecule has 0 aliphatic heterocycles. The van der Waals surface area contributed by atoms with Crippen LogP contribution in [-0.4, -0.2) is 35.4 Å². The van der Waals surface area contributed by atoms with E-state index in [0.717, 1.165) is 25.7 Å². The van der Waals surface area contributed by atoms with Gasteiger partial charge in [-0.2, -0.15) is 13.2 Å². The molecule has 1 aliphatic rings. The lowest BCUT2D eigenvalue weighted by molar-refractivity contribution is -0.149. The Morgan fingerprint density at radius 2 is 1.94 bits per heavy atom. The molecule has 1 aliphatic carbocycles. The summed E-state index contributed by atoms with van der Waals surface area (Å²) in [4.78, 5) is 13.0. The van der Waals surface area contributed by atoms with Crippen LogP contribution in [0.15, 0.2) is 0 Å². The molecule has 0 heterocycles. The summed E-state index contributed by atoms with van der Waals surface area (Å²) in [6.45, 7) is 0. The van der Waals surface area contributed by atoms with Gasteiger partial charge >= 0.3 is 6.18 Å². The number of hydrogen-bond acceptors (Lipinski definition) is 1. The summed E-state index contributed by atoms with van der Waals surface area (Å²) in [6, 6.07) is -0.119. The Bertz CT molecular complexity index is 270. The first kappa shape index (κ1) is 14.6. The van der Waals surface area contributed by atoms with E-state index in [2.05, 4.69) is 0 Å². The number of rotatable bonds is 3. The van der Waals surface area contributed by atoms with Crippen LogP contribution in [-0.2, 0) is 4.79 Å². The van der Waals surface area contributed by atoms with Crippen molar-refractivity contribution in [2.75, 3.05) is 7.05 Å². The average Bonchev–Trinajstić information content (AvgIpc) is 2.24. The van der Waals surface area contributed by atoms with Gasteiger partial charge in [0.25, 0.3) is 0 Å². The van der Waals surface area contributed by atoms with Crippen LogP contribution in [0, 0.1) is 0 Å². The van der Waals surface area contributed by atoms with Crippen LogP contribution < -0.4 is 0 Å². The van der Waals surface area contributed by atoms with E-state index in [1.807, 2.05) is 0 Å². The molecule has 0 aromatic carbocycles. The third-order valence-corrected chi connectivity index (χ3v) is 3.67. The van der Waals surface area contributed by atoms with Crippen molar-refractivity contribution in [2.24, 2.45) is 0 Å². The molecule has 0 saturated heterocycles. The van der Waals surface area contributed by atoms with Crippen molar-refractivity contribution in [2.45, 2.75) is 56.1 Å². The monoisotopic (exact) mass is 271 g/mol. The molecule has 1 rings (SSSR count). The predicted octanol–water partition coefficient (Wildman–Crippen LogP) is 3.34. The minimum Gasteiger partial charge on any atom is -0.341 e. The second kappa shape index (κ2) is 5.94. The molecule has 1 fully saturated rings. The largest absolute Gasteiger partial charge is 0.389 e. The molecule has 1 amide bonds. The predicted molar refractivity (Wildman–Crippen MR) is 60.0 cm³/mol. The van der Waals surface area contributed by atoms with Crippen molar-refractivity contribution < 1.29 is 18.0 Å². The Balaban J connectivity index is 2.45. The van der Waals surface area contributed by atoms with Gasteiger partial charge < -0.3 is 4.90 Å². The summed E-state index contributed by atoms with van der Waals surface area (Å²) in [6.07, 6.45) is -2.22. The third-order valence-electron chi connectivity index (χ3n) is 3.16. The van der Waals surface area contributed by atoms with Gasteiger partial charge in [0.1, 0.15) is 0 Å². The molecule has 17 heavy (non-hydrogen) atoms. The molecule has 0 aromatic rings. The highest BCUT2D eigenvalue weighted by atomic mass is 35.5. The summed E-state index contributed by atoms with van der Waals surface area (Å²) in [5.74, 6) is -0.472. The Kier molecular flexibility index (Phi) is 5.10. The van der Waals surface area contributed by atoms with E-state index in [0.29, 0.717) is 0 Å². The highest BCUT2D eigenvalue weighted by Gasteiger charge is 2.32. The number of amides is 1. The van der Waals surface area contributed by atoms with Gasteiger partial charge in [0.2, 0.25) is 5.91 Å². The zero-order valence-electron chi connectivity index (χ0n) is 9.76. The first-order valence-corrected chi connectivity index (χ1v) is 6.21. The maximum absolute atomic E-state index is 12.0. The number of alkyl halides is 4. The molecule has 1 saturated carbocycles. The summed E-state index contributed by atoms with van der Waals surface area (Å²) in [5, 5.41) is -0.136. The topological polar surface area (TPSA) is 20.3 Å². The molecule has 100 valence electrons. The van der Waals surface area contributed by atoms with Crippen molar-refractivity contribution >= 4 is 17.5 Å². The van der Waals surface area contributed by atoms with Crippen molar-refractivity contribution in [3.05, 3.63) is 0 Å². The van der Waals surface area contributed by atoms with Crippen LogP contribution in [0.25, 0.3) is 0 Å². The van der Waals surface area contributed by atoms with Gasteiger partial charge in [-0.3, -0.25) is 4.79 Å². The number of nitrogens with zero attached hydrogens (tertiary/aromatic N) is 1. The van der Waals surface area contributed by atoms with Crippen molar-refractivity contribution in [1.29, 1.82) is 0 Å². The molecule has 2 atom stereocenters. The van der Waals surface area contributed by atoms with E-state index in [9.17, 15) is 18.0 Å². The first-order chi connectivity index (χ1) is 7.81. The van der Waals surface area contributed by atoms with Gasteiger partial charge in [-0.1, -0.05) is 12.8 Å². The quantitative estimate of drug-likeness (QED) is 0.721. The first-order valence-electron chi connectivity index (χ1n) is 5.78. The van der Waals surface area contributed by atoms with Gasteiger partial charge in [0, 0.05) is 19.5 Å². The van der Waals surface area contributed by atoms with E-state index < -0.39 is 24.9 Å². The molecule has 0 aromatic heterocycles. The Hall–Kier alpha value is -0.450. The molecule has 6 heteroatoms. The fraction of sp³-hybridized carbons (Fsp3) is 0.909. The highest BCUT2D eigenvalue weighted by molar-refractivity contribution is 6.21. The Morgan fingerprint density at radius 3 is 2.47 bits per heavy atom. The number of carbonyl (C=O) groups excluding carboxylic acids is 1. The van der Waals surface area contributed by atoms with Crippen LogP contribution in [0.2, 0.25) is 0 Å². The molecular weight excluding hydrogens is 255 g/mol. The standard InChI is InChI=1S/C11H17ClF3NO/c1-16(9-5-3-2-4-8(9)12)10(17)6-7-11(13,14)15/h8-9H,2-7H2,1H3. The second-order valence-electron chi connectivity index (χ2n) is 4.49. The van der Waals surface area contributed by atoms with E-state index in [-0.39, 0.29) is 11.4 Å². The van der Waals surface area contributed by atoms with Crippen molar-refractivity contribution in [3.8, 4) is 0 Å². The fourth-order valence-corrected chi connectivity index (χ4v) is 2.56. The SMILES string of the molecule is CN(C(=O)CCC(F)(F)F)C1CCCCC1Cl. The number of hydrogen-bond donors (Lipinski definition) is 0. The second-order valence-corrected chi connectivity index (χ2v) is 5.05. The summed E-state index contributed by atoms with van der Waals surface area (Å²) >= 11 is 6.10. The van der Waals surface area contributed by atoms with Crippen molar-refractivity contribution in [3.63, 3.8) is 0 Å². The van der Waals surface area contributed by atoms with Gasteiger partial charge in [-0.25, -0.2) is 0 Å². The van der Waals surface area contributed by atoms with E-state index in [4.69, 9.17) is 11.6 Å². The molecule has 2 nitrogen and oxygen atoms in total. The summed E-state index contributed by atoms with van der Waals surface area (Å²) in [5.41, 5.74) is 0. The lowest BCUT2D eigenvalue weighted by Gasteiger charge is -2.35. The van der Waals surface area contributed by atoms with E-state index in [1.165, 1.54) is 4.90 Å². The van der Waals surface area contributed by atoms with Crippen molar-refractivity contribution in [1.82, 2.24) is 4.90 Å². The molecule has 0 spiro atoms. The Morgan fingerprint density at radius 1 is 1.35 bits per heavy atom. The Labute approximate surface area is 104 Å². The average molecular weight is 272 g/mol. The third kappa shape index (κ3) is 4.74. The zero-order chi connectivity index (χ0) is 13.1. The fourth-order valence-electron chi connectivity index (χ4n) is 2.11. The molecule has 2 unspecified atom stereocenters. The minimum atomic E-state index is -4.27. The van der Waals surface area contributed by atoms with Crippen LogP contribution in [0.4, 0.5) is 13.2 Å². The van der Waals surface area contributed by atoms with Crippen LogP contribution in [0.1, 0.15) is 38.5 Å². The number of halogens is 4. The maximum atomic E-state index is 12.0. The molecular formula is C11H17ClF3NO. The summed E-state index contributed by atoms with van der Waals surface area (Å²) in [7, 11) is 1.55. The van der Waals surface area contributed by atoms with Gasteiger partial charge in [-0.15, -0.1) is 11.6 Å². The van der Waals surface area contributed by atoms with E-state index >= 15 is 0 Å². The number of carbonyl (C=O) groups is 1. The molecule has 0 radical (unpaired) electrons. The molecule has 0 bridgehead atoms. The van der Waals surface area contributed by atoms with Gasteiger partial charge in [0.15, 0.2) is 0 Å². The zero-order valence-corrected chi connectivity index (χ0v) is 10.5. The maximum Gasteiger partial charge on any atom is 0.389 e. The minimum absolute atomic E-state index is 0.119. The lowest BCUT2D eigenvalue weighted by Crippen LogP contribution is -2.44.